The van der Waals surface area contributed by atoms with Gasteiger partial charge in [0.1, 0.15) is 11.6 Å². The van der Waals surface area contributed by atoms with Crippen molar-refractivity contribution in [1.29, 1.82) is 0 Å². The maximum Gasteiger partial charge on any atom is 0.225 e. The summed E-state index contributed by atoms with van der Waals surface area (Å²) in [6, 6.07) is 13.6. The number of nitrogens with one attached hydrogen (secondary N) is 2. The maximum absolute atomic E-state index is 14.7. The molecule has 0 aliphatic carbocycles. The Bertz CT molecular complexity index is 1220. The van der Waals surface area contributed by atoms with E-state index in [4.69, 9.17) is 21.1 Å². The zero-order valence-electron chi connectivity index (χ0n) is 19.8. The molecule has 1 radical (unpaired) electrons. The standard InChI is InChI=1S/C28H28ClFN3O3/c29-21-4-1-18(2-5-21)24(19-3-8-27-20(13-19)9-11-36-27)14-28(34)33-26-17-32-16-25(30)23(26)7-6-22-15-31-10-12-35-22/h1-5,8,10,13,16-17,22,24,31H,6-7,9,11-12,14-15H2,(H,33,34)/t22-,24+/m1/s1. The number of aromatic nitrogens is 1. The number of rotatable bonds is 8. The summed E-state index contributed by atoms with van der Waals surface area (Å²) in [5.74, 6) is 0.0428. The summed E-state index contributed by atoms with van der Waals surface area (Å²) < 4.78 is 26.1. The number of ether oxygens (including phenoxy) is 2. The van der Waals surface area contributed by atoms with Crippen molar-refractivity contribution in [3.63, 3.8) is 0 Å². The van der Waals surface area contributed by atoms with Crippen LogP contribution < -0.4 is 15.4 Å². The molecule has 1 amide bonds. The number of amides is 1. The van der Waals surface area contributed by atoms with Gasteiger partial charge in [-0.1, -0.05) is 35.9 Å². The quantitative estimate of drug-likeness (QED) is 0.445. The van der Waals surface area contributed by atoms with Gasteiger partial charge in [0, 0.05) is 42.4 Å². The molecule has 6 nitrogen and oxygen atoms in total. The summed E-state index contributed by atoms with van der Waals surface area (Å²) >= 11 is 6.12. The molecule has 1 aromatic heterocycles. The van der Waals surface area contributed by atoms with Crippen molar-refractivity contribution in [2.24, 2.45) is 0 Å². The number of carbonyl (C=O) groups excluding carboxylic acids is 1. The second-order valence-corrected chi connectivity index (χ2v) is 9.51. The third-order valence-electron chi connectivity index (χ3n) is 6.68. The van der Waals surface area contributed by atoms with Crippen LogP contribution in [0.1, 0.15) is 41.0 Å². The van der Waals surface area contributed by atoms with Crippen molar-refractivity contribution < 1.29 is 18.7 Å². The van der Waals surface area contributed by atoms with E-state index in [1.165, 1.54) is 12.4 Å². The molecule has 1 fully saturated rings. The summed E-state index contributed by atoms with van der Waals surface area (Å²) in [5.41, 5.74) is 3.97. The van der Waals surface area contributed by atoms with Gasteiger partial charge in [-0.15, -0.1) is 0 Å². The molecule has 36 heavy (non-hydrogen) atoms. The Labute approximate surface area is 215 Å². The summed E-state index contributed by atoms with van der Waals surface area (Å²) in [4.78, 5) is 17.3. The van der Waals surface area contributed by atoms with Crippen LogP contribution in [-0.2, 0) is 22.4 Å². The normalized spacial score (nSPS) is 17.8. The lowest BCUT2D eigenvalue weighted by Gasteiger charge is -2.23. The fourth-order valence-corrected chi connectivity index (χ4v) is 4.89. The van der Waals surface area contributed by atoms with E-state index in [0.29, 0.717) is 48.9 Å². The molecular weight excluding hydrogens is 481 g/mol. The van der Waals surface area contributed by atoms with E-state index >= 15 is 0 Å². The van der Waals surface area contributed by atoms with Gasteiger partial charge in [0.2, 0.25) is 5.91 Å². The molecule has 187 valence electrons. The number of morpholine rings is 1. The highest BCUT2D eigenvalue weighted by Crippen LogP contribution is 2.34. The molecule has 8 heteroatoms. The second-order valence-electron chi connectivity index (χ2n) is 9.08. The topological polar surface area (TPSA) is 72.5 Å². The van der Waals surface area contributed by atoms with Crippen LogP contribution in [0.3, 0.4) is 0 Å². The Kier molecular flexibility index (Phi) is 7.80. The van der Waals surface area contributed by atoms with Gasteiger partial charge in [0.05, 0.1) is 37.4 Å². The van der Waals surface area contributed by atoms with Gasteiger partial charge in [-0.05, 0) is 47.7 Å². The summed E-state index contributed by atoms with van der Waals surface area (Å²) in [6.07, 6.45) is 4.78. The van der Waals surface area contributed by atoms with Crippen LogP contribution in [0.2, 0.25) is 5.02 Å². The van der Waals surface area contributed by atoms with E-state index in [1.54, 1.807) is 0 Å². The average molecular weight is 509 g/mol. The summed E-state index contributed by atoms with van der Waals surface area (Å²) in [6.45, 7) is 3.73. The Morgan fingerprint density at radius 3 is 2.83 bits per heavy atom. The highest BCUT2D eigenvalue weighted by molar-refractivity contribution is 6.30. The third kappa shape index (κ3) is 5.86. The first-order valence-corrected chi connectivity index (χ1v) is 12.5. The molecule has 3 heterocycles. The van der Waals surface area contributed by atoms with Crippen molar-refractivity contribution in [3.8, 4) is 5.75 Å². The van der Waals surface area contributed by atoms with Gasteiger partial charge in [0.25, 0.3) is 0 Å². The van der Waals surface area contributed by atoms with E-state index < -0.39 is 5.82 Å². The van der Waals surface area contributed by atoms with Gasteiger partial charge in [-0.2, -0.15) is 0 Å². The number of hydrogen-bond donors (Lipinski definition) is 2. The first-order chi connectivity index (χ1) is 17.6. The van der Waals surface area contributed by atoms with Crippen LogP contribution >= 0.6 is 11.6 Å². The summed E-state index contributed by atoms with van der Waals surface area (Å²) in [7, 11) is 0. The molecule has 5 rings (SSSR count). The highest BCUT2D eigenvalue weighted by Gasteiger charge is 2.23. The number of hydrogen-bond acceptors (Lipinski definition) is 5. The fraction of sp³-hybridized carbons (Fsp3) is 0.321. The fourth-order valence-electron chi connectivity index (χ4n) is 4.76. The molecule has 2 N–H and O–H groups in total. The van der Waals surface area contributed by atoms with Crippen molar-refractivity contribution in [2.45, 2.75) is 37.7 Å². The first kappa shape index (κ1) is 24.7. The minimum absolute atomic E-state index is 0.0100. The van der Waals surface area contributed by atoms with Crippen LogP contribution in [0.25, 0.3) is 0 Å². The van der Waals surface area contributed by atoms with Crippen molar-refractivity contribution in [3.05, 3.63) is 94.5 Å². The lowest BCUT2D eigenvalue weighted by Crippen LogP contribution is -2.35. The lowest BCUT2D eigenvalue weighted by molar-refractivity contribution is -0.116. The smallest absolute Gasteiger partial charge is 0.225 e. The Morgan fingerprint density at radius 1 is 1.19 bits per heavy atom. The Hall–Kier alpha value is -3.00. The number of benzene rings is 2. The molecule has 1 saturated heterocycles. The van der Waals surface area contributed by atoms with E-state index in [9.17, 15) is 9.18 Å². The lowest BCUT2D eigenvalue weighted by atomic mass is 9.87. The van der Waals surface area contributed by atoms with Gasteiger partial charge in [-0.25, -0.2) is 4.39 Å². The molecule has 0 unspecified atom stereocenters. The van der Waals surface area contributed by atoms with Crippen LogP contribution in [0, 0.1) is 12.4 Å². The van der Waals surface area contributed by atoms with Crippen LogP contribution in [0.4, 0.5) is 10.1 Å². The third-order valence-corrected chi connectivity index (χ3v) is 6.93. The monoisotopic (exact) mass is 508 g/mol. The Morgan fingerprint density at radius 2 is 2.03 bits per heavy atom. The SMILES string of the molecule is O=C(C[C@@H](c1ccc(Cl)cc1)c1ccc2c(c1)CCO2)Nc1cncc(F)c1CC[C@@H]1CN[CH]CO1. The van der Waals surface area contributed by atoms with Gasteiger partial charge in [0.15, 0.2) is 0 Å². The van der Waals surface area contributed by atoms with E-state index in [1.807, 2.05) is 42.9 Å². The van der Waals surface area contributed by atoms with E-state index in [-0.39, 0.29) is 24.3 Å². The van der Waals surface area contributed by atoms with Crippen LogP contribution in [-0.4, -0.2) is 36.8 Å². The largest absolute Gasteiger partial charge is 0.493 e. The number of halogens is 2. The van der Waals surface area contributed by atoms with Crippen LogP contribution in [0.15, 0.2) is 54.9 Å². The zero-order valence-corrected chi connectivity index (χ0v) is 20.6. The van der Waals surface area contributed by atoms with Crippen molar-refractivity contribution >= 4 is 23.2 Å². The molecule has 0 spiro atoms. The second kappa shape index (κ2) is 11.4. The zero-order chi connectivity index (χ0) is 24.9. The molecule has 2 atom stereocenters. The molecule has 3 aromatic rings. The van der Waals surface area contributed by atoms with Gasteiger partial charge in [-0.3, -0.25) is 9.78 Å². The first-order valence-electron chi connectivity index (χ1n) is 12.2. The van der Waals surface area contributed by atoms with E-state index in [2.05, 4.69) is 21.7 Å². The molecular formula is C28H28ClFN3O3. The maximum atomic E-state index is 14.7. The predicted octanol–water partition coefficient (Wildman–Crippen LogP) is 5.05. The molecule has 2 aliphatic rings. The molecule has 0 saturated carbocycles. The average Bonchev–Trinajstić information content (AvgIpc) is 3.36. The molecule has 2 aliphatic heterocycles. The number of pyridine rings is 1. The number of nitrogens with zero attached hydrogens (tertiary/aromatic N) is 1. The Balaban J connectivity index is 1.34. The number of carbonyl (C=O) groups is 1. The molecule has 2 aromatic carbocycles. The van der Waals surface area contributed by atoms with E-state index in [0.717, 1.165) is 28.9 Å². The minimum Gasteiger partial charge on any atom is -0.493 e. The van der Waals surface area contributed by atoms with Crippen LogP contribution in [0.5, 0.6) is 5.75 Å². The molecule has 0 bridgehead atoms. The number of anilines is 1. The summed E-state index contributed by atoms with van der Waals surface area (Å²) in [5, 5.41) is 6.71. The predicted molar refractivity (Wildman–Crippen MR) is 137 cm³/mol. The van der Waals surface area contributed by atoms with Crippen molar-refractivity contribution in [2.75, 3.05) is 25.1 Å². The van der Waals surface area contributed by atoms with Crippen molar-refractivity contribution in [1.82, 2.24) is 10.3 Å². The number of fused-ring (bicyclic) bond motifs is 1. The van der Waals surface area contributed by atoms with Gasteiger partial charge < -0.3 is 20.1 Å². The highest BCUT2D eigenvalue weighted by atomic mass is 35.5. The minimum atomic E-state index is -0.434. The van der Waals surface area contributed by atoms with Gasteiger partial charge >= 0.3 is 0 Å².